The zero-order chi connectivity index (χ0) is 10.1. The van der Waals surface area contributed by atoms with Gasteiger partial charge in [0.15, 0.2) is 9.84 Å². The molecule has 0 spiro atoms. The van der Waals surface area contributed by atoms with Gasteiger partial charge in [-0.25, -0.2) is 13.4 Å². The maximum atomic E-state index is 11.4. The Morgan fingerprint density at radius 2 is 2.23 bits per heavy atom. The summed E-state index contributed by atoms with van der Waals surface area (Å²) in [5.41, 5.74) is 0. The standard InChI is InChI=1S/C7H7BrClNO2S/c1-2-13(11,12)6-3-5(9)4-10-7(6)8/h3-4H,2H2,1H3. The Labute approximate surface area is 90.2 Å². The van der Waals surface area contributed by atoms with Crippen LogP contribution in [-0.2, 0) is 9.84 Å². The van der Waals surface area contributed by atoms with E-state index in [1.54, 1.807) is 6.92 Å². The Morgan fingerprint density at radius 1 is 1.62 bits per heavy atom. The first-order valence-electron chi connectivity index (χ1n) is 3.51. The van der Waals surface area contributed by atoms with Crippen molar-refractivity contribution in [3.63, 3.8) is 0 Å². The quantitative estimate of drug-likeness (QED) is 0.783. The molecule has 13 heavy (non-hydrogen) atoms. The zero-order valence-electron chi connectivity index (χ0n) is 6.79. The van der Waals surface area contributed by atoms with Crippen molar-refractivity contribution in [2.45, 2.75) is 11.8 Å². The van der Waals surface area contributed by atoms with Gasteiger partial charge in [-0.3, -0.25) is 0 Å². The number of sulfone groups is 1. The number of hydrogen-bond donors (Lipinski definition) is 0. The average molecular weight is 285 g/mol. The summed E-state index contributed by atoms with van der Waals surface area (Å²) in [4.78, 5) is 3.94. The first kappa shape index (κ1) is 10.9. The van der Waals surface area contributed by atoms with Crippen molar-refractivity contribution >= 4 is 37.4 Å². The van der Waals surface area contributed by atoms with Crippen LogP contribution in [-0.4, -0.2) is 19.2 Å². The molecule has 0 aliphatic carbocycles. The van der Waals surface area contributed by atoms with Crippen LogP contribution in [0, 0.1) is 0 Å². The number of hydrogen-bond acceptors (Lipinski definition) is 3. The van der Waals surface area contributed by atoms with E-state index in [4.69, 9.17) is 11.6 Å². The molecule has 0 amide bonds. The third kappa shape index (κ3) is 2.42. The Morgan fingerprint density at radius 3 is 2.77 bits per heavy atom. The third-order valence-electron chi connectivity index (χ3n) is 1.49. The second-order valence-electron chi connectivity index (χ2n) is 2.35. The first-order valence-corrected chi connectivity index (χ1v) is 6.33. The molecule has 72 valence electrons. The summed E-state index contributed by atoms with van der Waals surface area (Å²) in [5, 5.41) is 0.315. The SMILES string of the molecule is CCS(=O)(=O)c1cc(Cl)cnc1Br. The fourth-order valence-corrected chi connectivity index (χ4v) is 2.88. The Hall–Kier alpha value is -0.130. The average Bonchev–Trinajstić information content (AvgIpc) is 2.09. The first-order chi connectivity index (χ1) is 5.97. The van der Waals surface area contributed by atoms with Crippen LogP contribution in [0.2, 0.25) is 5.02 Å². The molecule has 1 aromatic rings. The molecule has 1 heterocycles. The third-order valence-corrected chi connectivity index (χ3v) is 4.33. The molecular weight excluding hydrogens is 278 g/mol. The van der Waals surface area contributed by atoms with Crippen LogP contribution in [0.3, 0.4) is 0 Å². The highest BCUT2D eigenvalue weighted by molar-refractivity contribution is 9.10. The van der Waals surface area contributed by atoms with Crippen LogP contribution in [0.1, 0.15) is 6.92 Å². The summed E-state index contributed by atoms with van der Waals surface area (Å²) in [7, 11) is -3.25. The number of rotatable bonds is 2. The molecule has 1 rings (SSSR count). The number of nitrogens with zero attached hydrogens (tertiary/aromatic N) is 1. The van der Waals surface area contributed by atoms with E-state index in [1.807, 2.05) is 0 Å². The van der Waals surface area contributed by atoms with Crippen LogP contribution >= 0.6 is 27.5 Å². The molecule has 0 N–H and O–H groups in total. The summed E-state index contributed by atoms with van der Waals surface area (Å²) >= 11 is 8.69. The van der Waals surface area contributed by atoms with Gasteiger partial charge in [0.1, 0.15) is 9.50 Å². The molecule has 0 atom stereocenters. The van der Waals surface area contributed by atoms with Gasteiger partial charge in [-0.1, -0.05) is 18.5 Å². The van der Waals surface area contributed by atoms with Gasteiger partial charge in [-0.05, 0) is 22.0 Å². The van der Waals surface area contributed by atoms with Gasteiger partial charge < -0.3 is 0 Å². The molecule has 0 aliphatic heterocycles. The summed E-state index contributed by atoms with van der Waals surface area (Å²) < 4.78 is 23.2. The van der Waals surface area contributed by atoms with Crippen molar-refractivity contribution in [1.82, 2.24) is 4.98 Å². The lowest BCUT2D eigenvalue weighted by molar-refractivity contribution is 0.596. The van der Waals surface area contributed by atoms with E-state index in [1.165, 1.54) is 12.3 Å². The number of pyridine rings is 1. The molecule has 0 unspecified atom stereocenters. The minimum atomic E-state index is -3.25. The monoisotopic (exact) mass is 283 g/mol. The fourth-order valence-electron chi connectivity index (χ4n) is 0.778. The fraction of sp³-hybridized carbons (Fsp3) is 0.286. The van der Waals surface area contributed by atoms with Gasteiger partial charge in [0, 0.05) is 6.20 Å². The number of halogens is 2. The van der Waals surface area contributed by atoms with Crippen molar-refractivity contribution in [3.8, 4) is 0 Å². The van der Waals surface area contributed by atoms with Crippen molar-refractivity contribution < 1.29 is 8.42 Å². The van der Waals surface area contributed by atoms with E-state index >= 15 is 0 Å². The highest BCUT2D eigenvalue weighted by Gasteiger charge is 2.16. The molecule has 3 nitrogen and oxygen atoms in total. The van der Waals surface area contributed by atoms with Crippen LogP contribution in [0.15, 0.2) is 21.8 Å². The predicted molar refractivity (Wildman–Crippen MR) is 54.7 cm³/mol. The van der Waals surface area contributed by atoms with E-state index in [-0.39, 0.29) is 10.6 Å². The zero-order valence-corrected chi connectivity index (χ0v) is 9.95. The summed E-state index contributed by atoms with van der Waals surface area (Å²) in [6, 6.07) is 1.39. The van der Waals surface area contributed by atoms with Gasteiger partial charge >= 0.3 is 0 Å². The molecule has 0 fully saturated rings. The van der Waals surface area contributed by atoms with Crippen LogP contribution in [0.5, 0.6) is 0 Å². The van der Waals surface area contributed by atoms with Gasteiger partial charge in [-0.2, -0.15) is 0 Å². The Bertz CT molecular complexity index is 419. The normalized spacial score (nSPS) is 11.6. The smallest absolute Gasteiger partial charge is 0.180 e. The lowest BCUT2D eigenvalue weighted by Gasteiger charge is -2.03. The summed E-state index contributed by atoms with van der Waals surface area (Å²) in [5.74, 6) is 0.0353. The van der Waals surface area contributed by atoms with E-state index < -0.39 is 9.84 Å². The molecule has 0 bridgehead atoms. The Balaban J connectivity index is 3.38. The molecular formula is C7H7BrClNO2S. The van der Waals surface area contributed by atoms with Gasteiger partial charge in [0.05, 0.1) is 10.8 Å². The molecule has 0 aliphatic rings. The Kier molecular flexibility index (Phi) is 3.32. The van der Waals surface area contributed by atoms with Crippen LogP contribution in [0.25, 0.3) is 0 Å². The summed E-state index contributed by atoms with van der Waals surface area (Å²) in [6.45, 7) is 1.57. The van der Waals surface area contributed by atoms with E-state index in [9.17, 15) is 8.42 Å². The molecule has 6 heteroatoms. The largest absolute Gasteiger partial charge is 0.246 e. The lowest BCUT2D eigenvalue weighted by Crippen LogP contribution is -2.05. The topological polar surface area (TPSA) is 47.0 Å². The van der Waals surface area contributed by atoms with Crippen LogP contribution < -0.4 is 0 Å². The minimum absolute atomic E-state index is 0.0353. The van der Waals surface area contributed by atoms with Gasteiger partial charge in [0.25, 0.3) is 0 Å². The van der Waals surface area contributed by atoms with E-state index in [0.717, 1.165) is 0 Å². The minimum Gasteiger partial charge on any atom is -0.246 e. The van der Waals surface area contributed by atoms with E-state index in [2.05, 4.69) is 20.9 Å². The second-order valence-corrected chi connectivity index (χ2v) is 5.78. The predicted octanol–water partition coefficient (Wildman–Crippen LogP) is 2.29. The molecule has 0 radical (unpaired) electrons. The molecule has 1 aromatic heterocycles. The maximum absolute atomic E-state index is 11.4. The van der Waals surface area contributed by atoms with Crippen molar-refractivity contribution in [2.24, 2.45) is 0 Å². The van der Waals surface area contributed by atoms with Crippen molar-refractivity contribution in [3.05, 3.63) is 21.9 Å². The maximum Gasteiger partial charge on any atom is 0.180 e. The highest BCUT2D eigenvalue weighted by Crippen LogP contribution is 2.23. The lowest BCUT2D eigenvalue weighted by atomic mass is 10.5. The molecule has 0 saturated carbocycles. The van der Waals surface area contributed by atoms with Gasteiger partial charge in [-0.15, -0.1) is 0 Å². The molecule has 0 aromatic carbocycles. The van der Waals surface area contributed by atoms with Crippen molar-refractivity contribution in [1.29, 1.82) is 0 Å². The van der Waals surface area contributed by atoms with Crippen LogP contribution in [0.4, 0.5) is 0 Å². The summed E-state index contributed by atoms with van der Waals surface area (Å²) in [6.07, 6.45) is 1.39. The highest BCUT2D eigenvalue weighted by atomic mass is 79.9. The van der Waals surface area contributed by atoms with Gasteiger partial charge in [0.2, 0.25) is 0 Å². The van der Waals surface area contributed by atoms with E-state index in [0.29, 0.717) is 9.63 Å². The van der Waals surface area contributed by atoms with Crippen molar-refractivity contribution in [2.75, 3.05) is 5.75 Å². The number of aromatic nitrogens is 1. The molecule has 0 saturated heterocycles. The second kappa shape index (κ2) is 3.94.